The molecule has 2 rings (SSSR count). The molecule has 1 atom stereocenters. The van der Waals surface area contributed by atoms with Crippen LogP contribution in [-0.2, 0) is 11.3 Å². The maximum Gasteiger partial charge on any atom is 0.222 e. The number of likely N-dealkylation sites (tertiary alicyclic amines) is 1. The van der Waals surface area contributed by atoms with E-state index >= 15 is 0 Å². The lowest BCUT2D eigenvalue weighted by atomic mass is 10.2. The van der Waals surface area contributed by atoms with Crippen molar-refractivity contribution in [2.75, 3.05) is 40.0 Å². The Bertz CT molecular complexity index is 672. The molecular weight excluding hydrogens is 487 g/mol. The van der Waals surface area contributed by atoms with Crippen LogP contribution in [0.15, 0.2) is 23.2 Å². The summed E-state index contributed by atoms with van der Waals surface area (Å²) in [5.41, 5.74) is 0.986. The maximum absolute atomic E-state index is 11.9. The third-order valence-corrected chi connectivity index (χ3v) is 4.53. The number of carbonyl (C=O) groups excluding carboxylic acids is 1. The summed E-state index contributed by atoms with van der Waals surface area (Å²) in [5, 5.41) is 15.6. The quantitative estimate of drug-likeness (QED) is 0.261. The van der Waals surface area contributed by atoms with Crippen LogP contribution in [0.25, 0.3) is 0 Å². The lowest BCUT2D eigenvalue weighted by Gasteiger charge is -2.18. The number of aliphatic hydroxyl groups excluding tert-OH is 1. The first-order valence-electron chi connectivity index (χ1n) is 9.84. The minimum atomic E-state index is -0.0463. The van der Waals surface area contributed by atoms with Gasteiger partial charge in [0, 0.05) is 32.1 Å². The third-order valence-electron chi connectivity index (χ3n) is 4.53. The fraction of sp³-hybridized carbons (Fsp3) is 0.600. The minimum Gasteiger partial charge on any atom is -0.493 e. The van der Waals surface area contributed by atoms with Crippen LogP contribution in [0, 0.1) is 0 Å². The molecule has 29 heavy (non-hydrogen) atoms. The van der Waals surface area contributed by atoms with Gasteiger partial charge in [0.25, 0.3) is 0 Å². The summed E-state index contributed by atoms with van der Waals surface area (Å²) in [4.78, 5) is 18.4. The number of hydrogen-bond acceptors (Lipinski definition) is 5. The molecule has 0 spiro atoms. The van der Waals surface area contributed by atoms with Crippen molar-refractivity contribution in [3.63, 3.8) is 0 Å². The molecule has 1 saturated heterocycles. The number of ether oxygens (including phenoxy) is 2. The van der Waals surface area contributed by atoms with Crippen molar-refractivity contribution in [1.82, 2.24) is 15.5 Å². The van der Waals surface area contributed by atoms with Crippen molar-refractivity contribution in [3.05, 3.63) is 23.8 Å². The van der Waals surface area contributed by atoms with Crippen LogP contribution in [0.3, 0.4) is 0 Å². The Hall–Kier alpha value is -1.75. The van der Waals surface area contributed by atoms with Crippen molar-refractivity contribution < 1.29 is 19.4 Å². The molecule has 0 aliphatic carbocycles. The number of nitrogens with zero attached hydrogens (tertiary/aromatic N) is 2. The van der Waals surface area contributed by atoms with Crippen molar-refractivity contribution in [2.45, 2.75) is 39.3 Å². The molecule has 8 nitrogen and oxygen atoms in total. The number of nitrogens with one attached hydrogen (secondary N) is 2. The minimum absolute atomic E-state index is 0. The zero-order valence-corrected chi connectivity index (χ0v) is 19.8. The zero-order chi connectivity index (χ0) is 20.4. The normalized spacial score (nSPS) is 16.2. The summed E-state index contributed by atoms with van der Waals surface area (Å²) >= 11 is 0. The van der Waals surface area contributed by atoms with Crippen LogP contribution in [0.2, 0.25) is 0 Å². The number of rotatable bonds is 9. The summed E-state index contributed by atoms with van der Waals surface area (Å²) < 4.78 is 10.8. The van der Waals surface area contributed by atoms with Gasteiger partial charge in [-0.2, -0.15) is 0 Å². The highest BCUT2D eigenvalue weighted by Gasteiger charge is 2.25. The van der Waals surface area contributed by atoms with E-state index in [1.807, 2.05) is 36.9 Å². The molecule has 1 unspecified atom stereocenters. The van der Waals surface area contributed by atoms with Crippen LogP contribution in [0.1, 0.15) is 32.3 Å². The van der Waals surface area contributed by atoms with E-state index in [9.17, 15) is 4.79 Å². The Balaban J connectivity index is 0.00000420. The summed E-state index contributed by atoms with van der Waals surface area (Å²) in [6.07, 6.45) is 1.46. The maximum atomic E-state index is 11.9. The predicted octanol–water partition coefficient (Wildman–Crippen LogP) is 1.75. The molecular formula is C20H33IN4O4. The number of aliphatic hydroxyl groups is 1. The van der Waals surface area contributed by atoms with E-state index in [-0.39, 0.29) is 49.1 Å². The molecule has 1 aliphatic rings. The highest BCUT2D eigenvalue weighted by Crippen LogP contribution is 2.28. The van der Waals surface area contributed by atoms with E-state index in [0.29, 0.717) is 31.0 Å². The number of carbonyl (C=O) groups is 1. The molecule has 164 valence electrons. The summed E-state index contributed by atoms with van der Waals surface area (Å²) in [6, 6.07) is 5.85. The zero-order valence-electron chi connectivity index (χ0n) is 17.4. The lowest BCUT2D eigenvalue weighted by molar-refractivity contribution is -0.129. The molecule has 1 heterocycles. The van der Waals surface area contributed by atoms with Crippen LogP contribution in [-0.4, -0.2) is 67.9 Å². The van der Waals surface area contributed by atoms with Gasteiger partial charge in [0.05, 0.1) is 20.3 Å². The van der Waals surface area contributed by atoms with E-state index in [1.165, 1.54) is 0 Å². The van der Waals surface area contributed by atoms with E-state index in [4.69, 9.17) is 14.6 Å². The van der Waals surface area contributed by atoms with Crippen molar-refractivity contribution in [2.24, 2.45) is 4.99 Å². The van der Waals surface area contributed by atoms with Crippen LogP contribution < -0.4 is 20.1 Å². The monoisotopic (exact) mass is 520 g/mol. The third kappa shape index (κ3) is 7.88. The van der Waals surface area contributed by atoms with Gasteiger partial charge in [0.2, 0.25) is 5.91 Å². The number of hydrogen-bond donors (Lipinski definition) is 3. The fourth-order valence-electron chi connectivity index (χ4n) is 3.10. The average molecular weight is 520 g/mol. The van der Waals surface area contributed by atoms with E-state index in [0.717, 1.165) is 31.0 Å². The number of aliphatic imine (C=N–C) groups is 1. The van der Waals surface area contributed by atoms with E-state index in [1.54, 1.807) is 7.11 Å². The molecule has 1 aromatic rings. The van der Waals surface area contributed by atoms with Gasteiger partial charge < -0.3 is 30.1 Å². The Morgan fingerprint density at radius 1 is 1.34 bits per heavy atom. The number of methoxy groups -OCH3 is 1. The first-order valence-corrected chi connectivity index (χ1v) is 9.84. The first kappa shape index (κ1) is 25.3. The molecule has 0 bridgehead atoms. The van der Waals surface area contributed by atoms with Crippen LogP contribution in [0.5, 0.6) is 11.5 Å². The SMILES string of the molecule is CCNC(=NCc1ccc(OCCO)c(OC)c1)NC1CCN(C(=O)CC)C1.I. The van der Waals surface area contributed by atoms with E-state index < -0.39 is 0 Å². The van der Waals surface area contributed by atoms with Gasteiger partial charge in [-0.05, 0) is 31.0 Å². The Morgan fingerprint density at radius 3 is 2.79 bits per heavy atom. The van der Waals surface area contributed by atoms with Crippen LogP contribution in [0.4, 0.5) is 0 Å². The Kier molecular flexibility index (Phi) is 11.7. The largest absolute Gasteiger partial charge is 0.493 e. The highest BCUT2D eigenvalue weighted by atomic mass is 127. The summed E-state index contributed by atoms with van der Waals surface area (Å²) in [6.45, 7) is 6.83. The molecule has 0 radical (unpaired) electrons. The van der Waals surface area contributed by atoms with Gasteiger partial charge in [-0.3, -0.25) is 4.79 Å². The molecule has 9 heteroatoms. The summed E-state index contributed by atoms with van der Waals surface area (Å²) in [7, 11) is 1.59. The van der Waals surface area contributed by atoms with Gasteiger partial charge in [0.1, 0.15) is 6.61 Å². The average Bonchev–Trinajstić information content (AvgIpc) is 3.18. The smallest absolute Gasteiger partial charge is 0.222 e. The van der Waals surface area contributed by atoms with Gasteiger partial charge in [-0.25, -0.2) is 4.99 Å². The second-order valence-corrected chi connectivity index (χ2v) is 6.58. The number of halogens is 1. The van der Waals surface area contributed by atoms with Crippen molar-refractivity contribution in [1.29, 1.82) is 0 Å². The Labute approximate surface area is 190 Å². The predicted molar refractivity (Wildman–Crippen MR) is 124 cm³/mol. The standard InChI is InChI=1S/C20H32N4O4.HI/c1-4-19(26)24-9-8-16(14-24)23-20(21-5-2)22-13-15-6-7-17(28-11-10-25)18(12-15)27-3;/h6-7,12,16,25H,4-5,8-11,13-14H2,1-3H3,(H2,21,22,23);1H. The highest BCUT2D eigenvalue weighted by molar-refractivity contribution is 14.0. The van der Waals surface area contributed by atoms with Gasteiger partial charge in [0.15, 0.2) is 17.5 Å². The topological polar surface area (TPSA) is 95.4 Å². The molecule has 1 aromatic carbocycles. The molecule has 1 aliphatic heterocycles. The van der Waals surface area contributed by atoms with Gasteiger partial charge in [-0.15, -0.1) is 24.0 Å². The van der Waals surface area contributed by atoms with Gasteiger partial charge >= 0.3 is 0 Å². The number of guanidine groups is 1. The van der Waals surface area contributed by atoms with E-state index in [2.05, 4.69) is 15.6 Å². The number of amides is 1. The molecule has 0 aromatic heterocycles. The lowest BCUT2D eigenvalue weighted by Crippen LogP contribution is -2.45. The molecule has 1 fully saturated rings. The first-order chi connectivity index (χ1) is 13.6. The second-order valence-electron chi connectivity index (χ2n) is 6.58. The summed E-state index contributed by atoms with van der Waals surface area (Å²) in [5.74, 6) is 2.14. The van der Waals surface area contributed by atoms with Crippen LogP contribution >= 0.6 is 24.0 Å². The molecule has 3 N–H and O–H groups in total. The Morgan fingerprint density at radius 2 is 2.14 bits per heavy atom. The van der Waals surface area contributed by atoms with Crippen molar-refractivity contribution >= 4 is 35.8 Å². The molecule has 1 amide bonds. The fourth-order valence-corrected chi connectivity index (χ4v) is 3.10. The van der Waals surface area contributed by atoms with Crippen molar-refractivity contribution in [3.8, 4) is 11.5 Å². The molecule has 0 saturated carbocycles. The number of benzene rings is 1. The second kappa shape index (κ2) is 13.5. The van der Waals surface area contributed by atoms with Gasteiger partial charge in [-0.1, -0.05) is 13.0 Å².